The van der Waals surface area contributed by atoms with E-state index >= 15 is 0 Å². The Bertz CT molecular complexity index is 597. The number of hydrogen-bond donors (Lipinski definition) is 1. The Balaban J connectivity index is 1.81. The van der Waals surface area contributed by atoms with E-state index in [1.54, 1.807) is 0 Å². The Kier molecular flexibility index (Phi) is 4.20. The van der Waals surface area contributed by atoms with E-state index in [-0.39, 0.29) is 12.0 Å². The fourth-order valence-corrected chi connectivity index (χ4v) is 2.61. The predicted molar refractivity (Wildman–Crippen MR) is 79.4 cm³/mol. The number of benzene rings is 1. The van der Waals surface area contributed by atoms with E-state index in [2.05, 4.69) is 28.5 Å². The molecule has 5 nitrogen and oxygen atoms in total. The molecule has 1 aliphatic rings. The Hall–Kier alpha value is -1.88. The van der Waals surface area contributed by atoms with E-state index in [1.807, 2.05) is 25.1 Å². The minimum Gasteiger partial charge on any atom is -0.493 e. The largest absolute Gasteiger partial charge is 0.493 e. The highest BCUT2D eigenvalue weighted by Gasteiger charge is 2.28. The Morgan fingerprint density at radius 2 is 2.19 bits per heavy atom. The van der Waals surface area contributed by atoms with Crippen LogP contribution in [0.15, 0.2) is 28.7 Å². The molecule has 21 heavy (non-hydrogen) atoms. The average Bonchev–Trinajstić information content (AvgIpc) is 3.02. The van der Waals surface area contributed by atoms with Crippen LogP contribution in [0.5, 0.6) is 5.75 Å². The zero-order chi connectivity index (χ0) is 14.7. The normalized spacial score (nSPS) is 18.9. The molecule has 1 aliphatic heterocycles. The van der Waals surface area contributed by atoms with Crippen LogP contribution in [0.3, 0.4) is 0 Å². The second-order valence-corrected chi connectivity index (χ2v) is 5.38. The SMILES string of the molecule is CCCNC(C)c1nnc(C2CCOc3ccccc32)o1. The minimum absolute atomic E-state index is 0.0845. The van der Waals surface area contributed by atoms with Crippen molar-refractivity contribution >= 4 is 0 Å². The van der Waals surface area contributed by atoms with Crippen LogP contribution in [0.25, 0.3) is 0 Å². The van der Waals surface area contributed by atoms with Crippen LogP contribution in [0.1, 0.15) is 56.0 Å². The Morgan fingerprint density at radius 3 is 3.05 bits per heavy atom. The van der Waals surface area contributed by atoms with Gasteiger partial charge in [-0.2, -0.15) is 0 Å². The van der Waals surface area contributed by atoms with E-state index in [4.69, 9.17) is 9.15 Å². The Labute approximate surface area is 124 Å². The summed E-state index contributed by atoms with van der Waals surface area (Å²) in [5.74, 6) is 2.40. The van der Waals surface area contributed by atoms with Crippen LogP contribution in [-0.4, -0.2) is 23.3 Å². The van der Waals surface area contributed by atoms with Gasteiger partial charge in [-0.3, -0.25) is 0 Å². The molecule has 5 heteroatoms. The predicted octanol–water partition coefficient (Wildman–Crippen LogP) is 3.04. The highest BCUT2D eigenvalue weighted by molar-refractivity contribution is 5.40. The number of fused-ring (bicyclic) bond motifs is 1. The van der Waals surface area contributed by atoms with Crippen molar-refractivity contribution in [2.75, 3.05) is 13.2 Å². The number of aromatic nitrogens is 2. The molecule has 0 fully saturated rings. The summed E-state index contributed by atoms with van der Waals surface area (Å²) in [6, 6.07) is 8.15. The maximum Gasteiger partial charge on any atom is 0.233 e. The summed E-state index contributed by atoms with van der Waals surface area (Å²) < 4.78 is 11.6. The third kappa shape index (κ3) is 2.93. The van der Waals surface area contributed by atoms with Crippen molar-refractivity contribution in [2.45, 2.75) is 38.6 Å². The smallest absolute Gasteiger partial charge is 0.233 e. The van der Waals surface area contributed by atoms with Crippen LogP contribution >= 0.6 is 0 Å². The fourth-order valence-electron chi connectivity index (χ4n) is 2.61. The van der Waals surface area contributed by atoms with Crippen LogP contribution in [-0.2, 0) is 0 Å². The number of nitrogens with one attached hydrogen (secondary N) is 1. The van der Waals surface area contributed by atoms with Crippen molar-refractivity contribution < 1.29 is 9.15 Å². The molecule has 0 radical (unpaired) electrons. The lowest BCUT2D eigenvalue weighted by Gasteiger charge is -2.23. The van der Waals surface area contributed by atoms with Gasteiger partial charge in [0.25, 0.3) is 0 Å². The van der Waals surface area contributed by atoms with E-state index in [0.717, 1.165) is 30.7 Å². The lowest BCUT2D eigenvalue weighted by molar-refractivity contribution is 0.262. The maximum atomic E-state index is 5.90. The first-order valence-corrected chi connectivity index (χ1v) is 7.58. The molecule has 0 saturated heterocycles. The summed E-state index contributed by atoms with van der Waals surface area (Å²) in [5, 5.41) is 11.8. The highest BCUT2D eigenvalue weighted by Crippen LogP contribution is 2.37. The van der Waals surface area contributed by atoms with Crippen LogP contribution in [0, 0.1) is 0 Å². The van der Waals surface area contributed by atoms with Crippen molar-refractivity contribution in [3.8, 4) is 5.75 Å². The van der Waals surface area contributed by atoms with Gasteiger partial charge in [-0.05, 0) is 32.4 Å². The number of nitrogens with zero attached hydrogens (tertiary/aromatic N) is 2. The van der Waals surface area contributed by atoms with E-state index in [0.29, 0.717) is 18.4 Å². The zero-order valence-corrected chi connectivity index (χ0v) is 12.5. The quantitative estimate of drug-likeness (QED) is 0.916. The van der Waals surface area contributed by atoms with Crippen LogP contribution in [0.2, 0.25) is 0 Å². The zero-order valence-electron chi connectivity index (χ0n) is 12.5. The molecule has 1 N–H and O–H groups in total. The van der Waals surface area contributed by atoms with Gasteiger partial charge in [0.2, 0.25) is 11.8 Å². The van der Waals surface area contributed by atoms with Gasteiger partial charge in [0.1, 0.15) is 5.75 Å². The molecule has 0 aliphatic carbocycles. The number of hydrogen-bond acceptors (Lipinski definition) is 5. The van der Waals surface area contributed by atoms with Crippen molar-refractivity contribution in [1.29, 1.82) is 0 Å². The fraction of sp³-hybridized carbons (Fsp3) is 0.500. The molecule has 1 aromatic heterocycles. The summed E-state index contributed by atoms with van der Waals surface area (Å²) in [4.78, 5) is 0. The van der Waals surface area contributed by atoms with Crippen molar-refractivity contribution in [3.05, 3.63) is 41.6 Å². The molecule has 0 saturated carbocycles. The van der Waals surface area contributed by atoms with E-state index in [9.17, 15) is 0 Å². The lowest BCUT2D eigenvalue weighted by Crippen LogP contribution is -2.19. The molecule has 0 amide bonds. The third-order valence-electron chi connectivity index (χ3n) is 3.78. The third-order valence-corrected chi connectivity index (χ3v) is 3.78. The molecule has 2 atom stereocenters. The van der Waals surface area contributed by atoms with E-state index in [1.165, 1.54) is 0 Å². The second-order valence-electron chi connectivity index (χ2n) is 5.38. The first kappa shape index (κ1) is 14.1. The molecule has 3 rings (SSSR count). The van der Waals surface area contributed by atoms with Crippen LogP contribution in [0.4, 0.5) is 0 Å². The van der Waals surface area contributed by atoms with Gasteiger partial charge in [-0.25, -0.2) is 0 Å². The topological polar surface area (TPSA) is 60.2 Å². The maximum absolute atomic E-state index is 5.90. The molecule has 2 heterocycles. The van der Waals surface area contributed by atoms with Gasteiger partial charge in [0.15, 0.2) is 0 Å². The van der Waals surface area contributed by atoms with Gasteiger partial charge in [0.05, 0.1) is 18.6 Å². The second kappa shape index (κ2) is 6.26. The van der Waals surface area contributed by atoms with Crippen molar-refractivity contribution in [3.63, 3.8) is 0 Å². The van der Waals surface area contributed by atoms with Gasteiger partial charge in [0, 0.05) is 5.56 Å². The van der Waals surface area contributed by atoms with E-state index < -0.39 is 0 Å². The summed E-state index contributed by atoms with van der Waals surface area (Å²) in [7, 11) is 0. The monoisotopic (exact) mass is 287 g/mol. The number of para-hydroxylation sites is 1. The first-order valence-electron chi connectivity index (χ1n) is 7.58. The standard InChI is InChI=1S/C16H21N3O2/c1-3-9-17-11(2)15-18-19-16(21-15)13-8-10-20-14-7-5-4-6-12(13)14/h4-7,11,13,17H,3,8-10H2,1-2H3. The molecular weight excluding hydrogens is 266 g/mol. The molecule has 112 valence electrons. The molecule has 2 unspecified atom stereocenters. The summed E-state index contributed by atoms with van der Waals surface area (Å²) in [6.07, 6.45) is 1.95. The van der Waals surface area contributed by atoms with Gasteiger partial charge >= 0.3 is 0 Å². The van der Waals surface area contributed by atoms with Gasteiger partial charge in [-0.1, -0.05) is 25.1 Å². The molecule has 0 spiro atoms. The summed E-state index contributed by atoms with van der Waals surface area (Å²) >= 11 is 0. The average molecular weight is 287 g/mol. The minimum atomic E-state index is 0.0845. The van der Waals surface area contributed by atoms with Crippen molar-refractivity contribution in [1.82, 2.24) is 15.5 Å². The molecule has 2 aromatic rings. The summed E-state index contributed by atoms with van der Waals surface area (Å²) in [6.45, 7) is 5.81. The molecule has 1 aromatic carbocycles. The van der Waals surface area contributed by atoms with Gasteiger partial charge < -0.3 is 14.5 Å². The molecular formula is C16H21N3O2. The first-order chi connectivity index (χ1) is 10.3. The van der Waals surface area contributed by atoms with Crippen LogP contribution < -0.4 is 10.1 Å². The highest BCUT2D eigenvalue weighted by atomic mass is 16.5. The van der Waals surface area contributed by atoms with Gasteiger partial charge in [-0.15, -0.1) is 10.2 Å². The number of ether oxygens (including phenoxy) is 1. The lowest BCUT2D eigenvalue weighted by atomic mass is 9.93. The summed E-state index contributed by atoms with van der Waals surface area (Å²) in [5.41, 5.74) is 1.13. The van der Waals surface area contributed by atoms with Crippen molar-refractivity contribution in [2.24, 2.45) is 0 Å². The number of rotatable bonds is 5. The molecule has 0 bridgehead atoms. The Morgan fingerprint density at radius 1 is 1.33 bits per heavy atom.